The molecule has 21 heavy (non-hydrogen) atoms. The number of nitrogens with one attached hydrogen (secondary N) is 2. The predicted octanol–water partition coefficient (Wildman–Crippen LogP) is 3.27. The van der Waals surface area contributed by atoms with Crippen LogP contribution in [0.1, 0.15) is 65.5 Å². The first-order valence-electron chi connectivity index (χ1n) is 6.94. The average molecular weight is 303 g/mol. The van der Waals surface area contributed by atoms with Crippen LogP contribution in [0.5, 0.6) is 0 Å². The molecule has 0 saturated carbocycles. The van der Waals surface area contributed by atoms with E-state index in [-0.39, 0.29) is 17.6 Å². The zero-order chi connectivity index (χ0) is 15.1. The topological polar surface area (TPSA) is 74.8 Å². The van der Waals surface area contributed by atoms with Gasteiger partial charge < -0.3 is 5.32 Å². The normalized spacial score (nSPS) is 17.7. The van der Waals surface area contributed by atoms with Crippen LogP contribution in [0.4, 0.5) is 5.82 Å². The summed E-state index contributed by atoms with van der Waals surface area (Å²) in [6, 6.07) is 1.90. The van der Waals surface area contributed by atoms with Crippen molar-refractivity contribution in [2.45, 2.75) is 39.0 Å². The lowest BCUT2D eigenvalue weighted by Gasteiger charge is -2.23. The van der Waals surface area contributed by atoms with Crippen LogP contribution in [0.3, 0.4) is 0 Å². The smallest absolute Gasteiger partial charge is 0.226 e. The first-order valence-corrected chi connectivity index (χ1v) is 7.82. The second-order valence-electron chi connectivity index (χ2n) is 5.66. The van der Waals surface area contributed by atoms with E-state index < -0.39 is 0 Å². The number of thiophene rings is 1. The Morgan fingerprint density at radius 3 is 2.86 bits per heavy atom. The third-order valence-corrected chi connectivity index (χ3v) is 4.82. The summed E-state index contributed by atoms with van der Waals surface area (Å²) >= 11 is 1.43. The maximum atomic E-state index is 11.9. The lowest BCUT2D eigenvalue weighted by Crippen LogP contribution is -2.23. The van der Waals surface area contributed by atoms with Gasteiger partial charge in [0.1, 0.15) is 0 Å². The molecule has 0 aliphatic carbocycles. The van der Waals surface area contributed by atoms with E-state index in [4.69, 9.17) is 0 Å². The number of carbonyl (C=O) groups excluding carboxylic acids is 2. The highest BCUT2D eigenvalue weighted by Gasteiger charge is 2.32. The van der Waals surface area contributed by atoms with Gasteiger partial charge in [-0.2, -0.15) is 5.10 Å². The second kappa shape index (κ2) is 5.11. The monoisotopic (exact) mass is 303 g/mol. The van der Waals surface area contributed by atoms with Gasteiger partial charge in [-0.05, 0) is 29.9 Å². The summed E-state index contributed by atoms with van der Waals surface area (Å²) < 4.78 is 0. The minimum absolute atomic E-state index is 0.0331. The van der Waals surface area contributed by atoms with Crippen molar-refractivity contribution >= 4 is 28.8 Å². The molecule has 0 spiro atoms. The van der Waals surface area contributed by atoms with Crippen molar-refractivity contribution in [1.29, 1.82) is 0 Å². The third kappa shape index (κ3) is 2.40. The maximum Gasteiger partial charge on any atom is 0.226 e. The number of aromatic amines is 1. The van der Waals surface area contributed by atoms with Crippen molar-refractivity contribution in [3.63, 3.8) is 0 Å². The van der Waals surface area contributed by atoms with E-state index in [1.165, 1.54) is 11.3 Å². The fourth-order valence-electron chi connectivity index (χ4n) is 2.73. The first-order chi connectivity index (χ1) is 9.97. The molecule has 1 aliphatic rings. The minimum atomic E-state index is -0.0371. The van der Waals surface area contributed by atoms with Gasteiger partial charge in [0, 0.05) is 23.6 Å². The number of amides is 1. The molecule has 110 valence electrons. The Morgan fingerprint density at radius 1 is 1.48 bits per heavy atom. The van der Waals surface area contributed by atoms with Crippen LogP contribution in [-0.4, -0.2) is 21.9 Å². The zero-order valence-corrected chi connectivity index (χ0v) is 13.0. The van der Waals surface area contributed by atoms with Gasteiger partial charge in [0.15, 0.2) is 11.6 Å². The summed E-state index contributed by atoms with van der Waals surface area (Å²) in [6.07, 6.45) is 0.389. The number of aromatic nitrogens is 2. The molecule has 3 heterocycles. The number of Topliss-reactive ketones (excluding diaryl/α,β-unsaturated/α-hetero) is 1. The zero-order valence-electron chi connectivity index (χ0n) is 12.2. The second-order valence-corrected chi connectivity index (χ2v) is 6.57. The molecule has 0 fully saturated rings. The maximum absolute atomic E-state index is 11.9. The summed E-state index contributed by atoms with van der Waals surface area (Å²) in [5.41, 5.74) is 3.12. The van der Waals surface area contributed by atoms with Gasteiger partial charge >= 0.3 is 0 Å². The van der Waals surface area contributed by atoms with Crippen LogP contribution in [0.2, 0.25) is 0 Å². The van der Waals surface area contributed by atoms with Crippen molar-refractivity contribution in [3.05, 3.63) is 33.1 Å². The van der Waals surface area contributed by atoms with Crippen molar-refractivity contribution < 1.29 is 9.59 Å². The Labute approximate surface area is 126 Å². The van der Waals surface area contributed by atoms with Gasteiger partial charge in [-0.1, -0.05) is 13.8 Å². The molecule has 2 aromatic heterocycles. The molecule has 3 rings (SSSR count). The average Bonchev–Trinajstić information content (AvgIpc) is 3.03. The van der Waals surface area contributed by atoms with E-state index in [1.54, 1.807) is 6.92 Å². The SMILES string of the molecule is CC(=O)c1cc(C2CC(=O)Nc3n[nH]c(C(C)C)c32)cs1. The summed E-state index contributed by atoms with van der Waals surface area (Å²) in [7, 11) is 0. The highest BCUT2D eigenvalue weighted by molar-refractivity contribution is 7.12. The Morgan fingerprint density at radius 2 is 2.24 bits per heavy atom. The fraction of sp³-hybridized carbons (Fsp3) is 0.400. The van der Waals surface area contributed by atoms with Crippen LogP contribution >= 0.6 is 11.3 Å². The lowest BCUT2D eigenvalue weighted by atomic mass is 9.85. The number of H-pyrrole nitrogens is 1. The Bertz CT molecular complexity index is 714. The molecule has 1 unspecified atom stereocenters. The Balaban J connectivity index is 2.08. The van der Waals surface area contributed by atoms with Gasteiger partial charge in [-0.15, -0.1) is 11.3 Å². The predicted molar refractivity (Wildman–Crippen MR) is 82.1 cm³/mol. The molecular formula is C15H17N3O2S. The van der Waals surface area contributed by atoms with Gasteiger partial charge in [-0.25, -0.2) is 0 Å². The van der Waals surface area contributed by atoms with Gasteiger partial charge in [0.25, 0.3) is 0 Å². The molecule has 6 heteroatoms. The molecule has 0 aromatic carbocycles. The van der Waals surface area contributed by atoms with Crippen LogP contribution in [0.15, 0.2) is 11.4 Å². The molecule has 0 saturated heterocycles. The summed E-state index contributed by atoms with van der Waals surface area (Å²) in [4.78, 5) is 24.1. The van der Waals surface area contributed by atoms with E-state index in [1.807, 2.05) is 11.4 Å². The number of nitrogens with zero attached hydrogens (tertiary/aromatic N) is 1. The summed E-state index contributed by atoms with van der Waals surface area (Å²) in [5, 5.41) is 12.1. The standard InChI is InChI=1S/C15H17N3O2S/c1-7(2)14-13-10(5-12(20)16-15(13)18-17-14)9-4-11(8(3)19)21-6-9/h4,6-7,10H,5H2,1-3H3,(H2,16,17,18,20). The van der Waals surface area contributed by atoms with Crippen LogP contribution < -0.4 is 5.32 Å². The first kappa shape index (κ1) is 14.0. The molecule has 1 amide bonds. The number of ketones is 1. The molecule has 1 aliphatic heterocycles. The molecule has 2 N–H and O–H groups in total. The molecule has 2 aromatic rings. The number of fused-ring (bicyclic) bond motifs is 1. The van der Waals surface area contributed by atoms with Crippen LogP contribution in [0, 0.1) is 0 Å². The van der Waals surface area contributed by atoms with Crippen LogP contribution in [0.25, 0.3) is 0 Å². The Hall–Kier alpha value is -1.95. The summed E-state index contributed by atoms with van der Waals surface area (Å²) in [6.45, 7) is 5.75. The van der Waals surface area contributed by atoms with E-state index in [2.05, 4.69) is 29.4 Å². The number of rotatable bonds is 3. The van der Waals surface area contributed by atoms with E-state index in [0.717, 1.165) is 21.7 Å². The molecule has 0 radical (unpaired) electrons. The Kier molecular flexibility index (Phi) is 3.41. The number of hydrogen-bond donors (Lipinski definition) is 2. The fourth-order valence-corrected chi connectivity index (χ4v) is 3.59. The van der Waals surface area contributed by atoms with Crippen LogP contribution in [-0.2, 0) is 4.79 Å². The number of hydrogen-bond acceptors (Lipinski definition) is 4. The van der Waals surface area contributed by atoms with E-state index >= 15 is 0 Å². The quantitative estimate of drug-likeness (QED) is 0.855. The molecule has 1 atom stereocenters. The molecule has 5 nitrogen and oxygen atoms in total. The van der Waals surface area contributed by atoms with Gasteiger partial charge in [0.05, 0.1) is 4.88 Å². The van der Waals surface area contributed by atoms with E-state index in [9.17, 15) is 9.59 Å². The van der Waals surface area contributed by atoms with Gasteiger partial charge in [-0.3, -0.25) is 14.7 Å². The van der Waals surface area contributed by atoms with Gasteiger partial charge in [0.2, 0.25) is 5.91 Å². The lowest BCUT2D eigenvalue weighted by molar-refractivity contribution is -0.116. The third-order valence-electron chi connectivity index (χ3n) is 3.78. The van der Waals surface area contributed by atoms with Crippen molar-refractivity contribution in [2.75, 3.05) is 5.32 Å². The largest absolute Gasteiger partial charge is 0.309 e. The minimum Gasteiger partial charge on any atom is -0.309 e. The van der Waals surface area contributed by atoms with Crippen molar-refractivity contribution in [2.24, 2.45) is 0 Å². The van der Waals surface area contributed by atoms with Crippen molar-refractivity contribution in [1.82, 2.24) is 10.2 Å². The highest BCUT2D eigenvalue weighted by atomic mass is 32.1. The van der Waals surface area contributed by atoms with Crippen molar-refractivity contribution in [3.8, 4) is 0 Å². The number of anilines is 1. The van der Waals surface area contributed by atoms with E-state index in [0.29, 0.717) is 18.2 Å². The molecule has 0 bridgehead atoms. The number of carbonyl (C=O) groups is 2. The summed E-state index contributed by atoms with van der Waals surface area (Å²) in [5.74, 6) is 0.905. The molecular weight excluding hydrogens is 286 g/mol. The highest BCUT2D eigenvalue weighted by Crippen LogP contribution is 2.41.